The zero-order valence-electron chi connectivity index (χ0n) is 15.1. The number of rotatable bonds is 4. The van der Waals surface area contributed by atoms with Gasteiger partial charge in [0, 0.05) is 18.2 Å². The molecule has 1 aliphatic rings. The summed E-state index contributed by atoms with van der Waals surface area (Å²) in [7, 11) is -0.707. The molecule has 0 amide bonds. The van der Waals surface area contributed by atoms with Gasteiger partial charge in [0.1, 0.15) is 29.8 Å². The maximum atomic E-state index is 14.0. The summed E-state index contributed by atoms with van der Waals surface area (Å²) in [5.74, 6) is -1.92. The summed E-state index contributed by atoms with van der Waals surface area (Å²) >= 11 is 0. The van der Waals surface area contributed by atoms with Crippen LogP contribution in [0.25, 0.3) is 0 Å². The Hall–Kier alpha value is -1.99. The lowest BCUT2D eigenvalue weighted by molar-refractivity contribution is 0.00578. The monoisotopic (exact) mass is 364 g/mol. The first-order valence-electron chi connectivity index (χ1n) is 8.30. The average Bonchev–Trinajstić information content (AvgIpc) is 2.72. The second-order valence-corrected chi connectivity index (χ2v) is 7.37. The van der Waals surface area contributed by atoms with E-state index in [9.17, 15) is 13.2 Å². The first-order chi connectivity index (χ1) is 12.1. The minimum absolute atomic E-state index is 0.0314. The standard InChI is InChI=1S/C19H20BF3O3/c1-18(2)19(3,4)26-20(25-18)13-5-12(6-14(21)7-13)11-24-17-9-15(22)8-16(23)10-17/h5-10H,11H2,1-4H3. The predicted molar refractivity (Wildman–Crippen MR) is 92.8 cm³/mol. The van der Waals surface area contributed by atoms with Crippen LogP contribution in [0.2, 0.25) is 0 Å². The molecule has 2 aromatic rings. The van der Waals surface area contributed by atoms with Crippen molar-refractivity contribution < 1.29 is 27.2 Å². The highest BCUT2D eigenvalue weighted by Gasteiger charge is 2.51. The van der Waals surface area contributed by atoms with Crippen molar-refractivity contribution >= 4 is 12.6 Å². The second kappa shape index (κ2) is 6.63. The van der Waals surface area contributed by atoms with Crippen LogP contribution in [0.5, 0.6) is 5.75 Å². The molecule has 0 atom stereocenters. The average molecular weight is 364 g/mol. The Bertz CT molecular complexity index is 787. The summed E-state index contributed by atoms with van der Waals surface area (Å²) in [4.78, 5) is 0. The maximum absolute atomic E-state index is 14.0. The molecule has 1 fully saturated rings. The van der Waals surface area contributed by atoms with Crippen molar-refractivity contribution in [1.29, 1.82) is 0 Å². The molecule has 2 aromatic carbocycles. The second-order valence-electron chi connectivity index (χ2n) is 7.37. The van der Waals surface area contributed by atoms with Gasteiger partial charge in [0.2, 0.25) is 0 Å². The summed E-state index contributed by atoms with van der Waals surface area (Å²) in [5.41, 5.74) is -0.0634. The number of hydrogen-bond acceptors (Lipinski definition) is 3. The van der Waals surface area contributed by atoms with E-state index in [1.807, 2.05) is 27.7 Å². The van der Waals surface area contributed by atoms with E-state index < -0.39 is 35.8 Å². The molecule has 0 bridgehead atoms. The van der Waals surface area contributed by atoms with Crippen molar-refractivity contribution in [2.45, 2.75) is 45.5 Å². The number of benzene rings is 2. The molecule has 0 spiro atoms. The molecule has 3 nitrogen and oxygen atoms in total. The Balaban J connectivity index is 1.78. The van der Waals surface area contributed by atoms with Gasteiger partial charge in [-0.15, -0.1) is 0 Å². The molecule has 0 N–H and O–H groups in total. The minimum atomic E-state index is -0.739. The van der Waals surface area contributed by atoms with Crippen molar-refractivity contribution in [3.63, 3.8) is 0 Å². The van der Waals surface area contributed by atoms with E-state index in [0.717, 1.165) is 18.2 Å². The number of hydrogen-bond donors (Lipinski definition) is 0. The highest BCUT2D eigenvalue weighted by molar-refractivity contribution is 6.62. The fourth-order valence-corrected chi connectivity index (χ4v) is 2.65. The minimum Gasteiger partial charge on any atom is -0.489 e. The van der Waals surface area contributed by atoms with Gasteiger partial charge in [-0.1, -0.05) is 6.07 Å². The SMILES string of the molecule is CC1(C)OB(c2cc(F)cc(COc3cc(F)cc(F)c3)c2)OC1(C)C. The number of halogens is 3. The van der Waals surface area contributed by atoms with Crippen LogP contribution < -0.4 is 10.2 Å². The van der Waals surface area contributed by atoms with Gasteiger partial charge in [0.25, 0.3) is 0 Å². The van der Waals surface area contributed by atoms with E-state index in [-0.39, 0.29) is 12.4 Å². The summed E-state index contributed by atoms with van der Waals surface area (Å²) in [5, 5.41) is 0. The summed E-state index contributed by atoms with van der Waals surface area (Å²) in [6.07, 6.45) is 0. The third kappa shape index (κ3) is 3.89. The fourth-order valence-electron chi connectivity index (χ4n) is 2.65. The quantitative estimate of drug-likeness (QED) is 0.769. The highest BCUT2D eigenvalue weighted by atomic mass is 19.1. The van der Waals surface area contributed by atoms with E-state index in [2.05, 4.69) is 0 Å². The van der Waals surface area contributed by atoms with Crippen LogP contribution in [-0.2, 0) is 15.9 Å². The molecule has 138 valence electrons. The normalized spacial score (nSPS) is 18.2. The first-order valence-corrected chi connectivity index (χ1v) is 8.30. The molecule has 1 saturated heterocycles. The smallest absolute Gasteiger partial charge is 0.489 e. The van der Waals surface area contributed by atoms with E-state index in [1.54, 1.807) is 6.07 Å². The summed E-state index contributed by atoms with van der Waals surface area (Å²) in [6, 6.07) is 7.22. The molecule has 0 radical (unpaired) electrons. The van der Waals surface area contributed by atoms with Gasteiger partial charge < -0.3 is 14.0 Å². The lowest BCUT2D eigenvalue weighted by atomic mass is 9.78. The lowest BCUT2D eigenvalue weighted by Crippen LogP contribution is -2.41. The topological polar surface area (TPSA) is 27.7 Å². The van der Waals surface area contributed by atoms with Crippen molar-refractivity contribution in [2.75, 3.05) is 0 Å². The van der Waals surface area contributed by atoms with Crippen molar-refractivity contribution in [3.8, 4) is 5.75 Å². The Morgan fingerprint density at radius 3 is 1.92 bits per heavy atom. The van der Waals surface area contributed by atoms with Gasteiger partial charge in [-0.05, 0) is 50.9 Å². The Kier molecular flexibility index (Phi) is 4.79. The molecular weight excluding hydrogens is 344 g/mol. The maximum Gasteiger partial charge on any atom is 0.494 e. The zero-order valence-corrected chi connectivity index (χ0v) is 15.1. The number of ether oxygens (including phenoxy) is 1. The predicted octanol–water partition coefficient (Wildman–Crippen LogP) is 3.98. The van der Waals surface area contributed by atoms with Crippen LogP contribution >= 0.6 is 0 Å². The third-order valence-electron chi connectivity index (χ3n) is 4.75. The molecule has 0 unspecified atom stereocenters. The first kappa shape index (κ1) is 18.8. The molecule has 26 heavy (non-hydrogen) atoms. The van der Waals surface area contributed by atoms with Crippen LogP contribution in [0.4, 0.5) is 13.2 Å². The Morgan fingerprint density at radius 2 is 1.35 bits per heavy atom. The largest absolute Gasteiger partial charge is 0.494 e. The molecular formula is C19H20BF3O3. The van der Waals surface area contributed by atoms with Gasteiger partial charge >= 0.3 is 7.12 Å². The molecule has 1 aliphatic heterocycles. The van der Waals surface area contributed by atoms with Gasteiger partial charge in [0.15, 0.2) is 0 Å². The molecule has 7 heteroatoms. The van der Waals surface area contributed by atoms with Crippen LogP contribution in [0, 0.1) is 17.5 Å². The van der Waals surface area contributed by atoms with Gasteiger partial charge in [-0.2, -0.15) is 0 Å². The van der Waals surface area contributed by atoms with Crippen LogP contribution in [0.3, 0.4) is 0 Å². The molecule has 0 aliphatic carbocycles. The Labute approximate surface area is 151 Å². The molecule has 1 heterocycles. The van der Waals surface area contributed by atoms with Crippen molar-refractivity contribution in [2.24, 2.45) is 0 Å². The molecule has 0 aromatic heterocycles. The third-order valence-corrected chi connectivity index (χ3v) is 4.75. The zero-order chi connectivity index (χ0) is 19.1. The van der Waals surface area contributed by atoms with E-state index in [1.165, 1.54) is 12.1 Å². The summed E-state index contributed by atoms with van der Waals surface area (Å²) in [6.45, 7) is 7.60. The van der Waals surface area contributed by atoms with E-state index in [0.29, 0.717) is 11.0 Å². The van der Waals surface area contributed by atoms with Crippen LogP contribution in [0.1, 0.15) is 33.3 Å². The van der Waals surface area contributed by atoms with Gasteiger partial charge in [0.05, 0.1) is 11.2 Å². The Morgan fingerprint density at radius 1 is 0.808 bits per heavy atom. The van der Waals surface area contributed by atoms with Crippen LogP contribution in [-0.4, -0.2) is 18.3 Å². The van der Waals surface area contributed by atoms with Gasteiger partial charge in [-0.3, -0.25) is 0 Å². The molecule has 3 rings (SSSR count). The van der Waals surface area contributed by atoms with Crippen molar-refractivity contribution in [1.82, 2.24) is 0 Å². The van der Waals surface area contributed by atoms with E-state index >= 15 is 0 Å². The molecule has 0 saturated carbocycles. The highest BCUT2D eigenvalue weighted by Crippen LogP contribution is 2.36. The lowest BCUT2D eigenvalue weighted by Gasteiger charge is -2.32. The van der Waals surface area contributed by atoms with Crippen molar-refractivity contribution in [3.05, 3.63) is 59.4 Å². The summed E-state index contributed by atoms with van der Waals surface area (Å²) < 4.78 is 57.7. The van der Waals surface area contributed by atoms with Gasteiger partial charge in [-0.25, -0.2) is 13.2 Å². The fraction of sp³-hybridized carbons (Fsp3) is 0.368. The van der Waals surface area contributed by atoms with Crippen LogP contribution in [0.15, 0.2) is 36.4 Å². The van der Waals surface area contributed by atoms with E-state index in [4.69, 9.17) is 14.0 Å².